The SMILES string of the molecule is FC(F)(F)CN1CCC(CNCC2CCCN2)C1. The second kappa shape index (κ2) is 6.21. The van der Waals surface area contributed by atoms with Gasteiger partial charge in [0, 0.05) is 19.1 Å². The topological polar surface area (TPSA) is 27.3 Å². The summed E-state index contributed by atoms with van der Waals surface area (Å²) in [5.41, 5.74) is 0. The van der Waals surface area contributed by atoms with Crippen LogP contribution in [0.25, 0.3) is 0 Å². The predicted octanol–water partition coefficient (Wildman–Crippen LogP) is 1.21. The van der Waals surface area contributed by atoms with Gasteiger partial charge in [-0.15, -0.1) is 0 Å². The van der Waals surface area contributed by atoms with Crippen molar-refractivity contribution in [3.8, 4) is 0 Å². The molecule has 2 aliphatic rings. The summed E-state index contributed by atoms with van der Waals surface area (Å²) >= 11 is 0. The second-order valence-corrected chi connectivity index (χ2v) is 5.46. The van der Waals surface area contributed by atoms with E-state index in [1.807, 2.05) is 0 Å². The fourth-order valence-electron chi connectivity index (χ4n) is 2.87. The minimum absolute atomic E-state index is 0.369. The molecule has 0 aromatic rings. The van der Waals surface area contributed by atoms with Gasteiger partial charge in [-0.2, -0.15) is 13.2 Å². The zero-order valence-electron chi connectivity index (χ0n) is 10.6. The Morgan fingerprint density at radius 2 is 2.06 bits per heavy atom. The summed E-state index contributed by atoms with van der Waals surface area (Å²) in [6.45, 7) is 3.27. The molecule has 2 aliphatic heterocycles. The fraction of sp³-hybridized carbons (Fsp3) is 1.00. The Bertz CT molecular complexity index is 251. The third kappa shape index (κ3) is 4.74. The molecular weight excluding hydrogens is 243 g/mol. The minimum Gasteiger partial charge on any atom is -0.315 e. The fourth-order valence-corrected chi connectivity index (χ4v) is 2.87. The third-order valence-electron chi connectivity index (χ3n) is 3.76. The van der Waals surface area contributed by atoms with E-state index in [4.69, 9.17) is 0 Å². The number of nitrogens with one attached hydrogen (secondary N) is 2. The standard InChI is InChI=1S/C12H22F3N3/c13-12(14,15)9-18-5-3-10(8-18)6-16-7-11-2-1-4-17-11/h10-11,16-17H,1-9H2. The van der Waals surface area contributed by atoms with Gasteiger partial charge in [-0.05, 0) is 44.8 Å². The average Bonchev–Trinajstić information content (AvgIpc) is 2.88. The lowest BCUT2D eigenvalue weighted by molar-refractivity contribution is -0.143. The van der Waals surface area contributed by atoms with Crippen LogP contribution in [0.3, 0.4) is 0 Å². The van der Waals surface area contributed by atoms with Gasteiger partial charge < -0.3 is 10.6 Å². The third-order valence-corrected chi connectivity index (χ3v) is 3.76. The molecule has 106 valence electrons. The quantitative estimate of drug-likeness (QED) is 0.782. The van der Waals surface area contributed by atoms with Crippen LogP contribution >= 0.6 is 0 Å². The van der Waals surface area contributed by atoms with E-state index in [0.717, 1.165) is 26.1 Å². The first-order valence-electron chi connectivity index (χ1n) is 6.76. The van der Waals surface area contributed by atoms with E-state index in [0.29, 0.717) is 25.0 Å². The van der Waals surface area contributed by atoms with Crippen molar-refractivity contribution in [1.29, 1.82) is 0 Å². The van der Waals surface area contributed by atoms with E-state index in [9.17, 15) is 13.2 Å². The molecule has 0 radical (unpaired) electrons. The molecule has 2 N–H and O–H groups in total. The van der Waals surface area contributed by atoms with Crippen LogP contribution in [0.1, 0.15) is 19.3 Å². The Morgan fingerprint density at radius 1 is 1.22 bits per heavy atom. The zero-order valence-corrected chi connectivity index (χ0v) is 10.6. The number of nitrogens with zero attached hydrogens (tertiary/aromatic N) is 1. The summed E-state index contributed by atoms with van der Waals surface area (Å²) in [5, 5.41) is 6.78. The number of hydrogen-bond donors (Lipinski definition) is 2. The van der Waals surface area contributed by atoms with Crippen molar-refractivity contribution >= 4 is 0 Å². The van der Waals surface area contributed by atoms with Crippen LogP contribution in [0.5, 0.6) is 0 Å². The molecule has 0 aromatic heterocycles. The highest BCUT2D eigenvalue weighted by Gasteiger charge is 2.34. The lowest BCUT2D eigenvalue weighted by Gasteiger charge is -2.18. The molecule has 18 heavy (non-hydrogen) atoms. The Kier molecular flexibility index (Phi) is 4.86. The molecule has 2 atom stereocenters. The molecule has 2 rings (SSSR count). The van der Waals surface area contributed by atoms with Crippen molar-refractivity contribution in [3.05, 3.63) is 0 Å². The Labute approximate surface area is 106 Å². The van der Waals surface area contributed by atoms with E-state index < -0.39 is 12.7 Å². The maximum absolute atomic E-state index is 12.2. The highest BCUT2D eigenvalue weighted by Crippen LogP contribution is 2.22. The van der Waals surface area contributed by atoms with Crippen molar-refractivity contribution in [2.45, 2.75) is 31.5 Å². The predicted molar refractivity (Wildman–Crippen MR) is 64.5 cm³/mol. The number of likely N-dealkylation sites (tertiary alicyclic amines) is 1. The summed E-state index contributed by atoms with van der Waals surface area (Å²) in [6, 6.07) is 0.553. The summed E-state index contributed by atoms with van der Waals surface area (Å²) in [5.74, 6) is 0.369. The van der Waals surface area contributed by atoms with Gasteiger partial charge in [-0.25, -0.2) is 0 Å². The number of hydrogen-bond acceptors (Lipinski definition) is 3. The van der Waals surface area contributed by atoms with E-state index in [2.05, 4.69) is 10.6 Å². The summed E-state index contributed by atoms with van der Waals surface area (Å²) in [4.78, 5) is 1.51. The highest BCUT2D eigenvalue weighted by molar-refractivity contribution is 4.81. The first-order chi connectivity index (χ1) is 8.53. The Hall–Kier alpha value is -0.330. The number of rotatable bonds is 5. The van der Waals surface area contributed by atoms with Crippen molar-refractivity contribution in [2.75, 3.05) is 39.3 Å². The molecule has 3 nitrogen and oxygen atoms in total. The van der Waals surface area contributed by atoms with Gasteiger partial charge in [0.05, 0.1) is 6.54 Å². The Balaban J connectivity index is 1.57. The zero-order chi connectivity index (χ0) is 13.0. The van der Waals surface area contributed by atoms with Gasteiger partial charge in [-0.3, -0.25) is 4.90 Å². The van der Waals surface area contributed by atoms with Crippen molar-refractivity contribution < 1.29 is 13.2 Å². The van der Waals surface area contributed by atoms with Gasteiger partial charge >= 0.3 is 6.18 Å². The average molecular weight is 265 g/mol. The molecule has 0 aliphatic carbocycles. The molecule has 0 aromatic carbocycles. The molecule has 0 saturated carbocycles. The van der Waals surface area contributed by atoms with Crippen LogP contribution < -0.4 is 10.6 Å². The van der Waals surface area contributed by atoms with Crippen molar-refractivity contribution in [1.82, 2.24) is 15.5 Å². The molecular formula is C12H22F3N3. The van der Waals surface area contributed by atoms with Gasteiger partial charge in [0.1, 0.15) is 0 Å². The number of alkyl halides is 3. The van der Waals surface area contributed by atoms with E-state index in [-0.39, 0.29) is 0 Å². The van der Waals surface area contributed by atoms with Gasteiger partial charge in [-0.1, -0.05) is 0 Å². The highest BCUT2D eigenvalue weighted by atomic mass is 19.4. The first kappa shape index (κ1) is 14.1. The first-order valence-corrected chi connectivity index (χ1v) is 6.76. The molecule has 6 heteroatoms. The van der Waals surface area contributed by atoms with Crippen LogP contribution in [0.15, 0.2) is 0 Å². The normalized spacial score (nSPS) is 30.2. The maximum atomic E-state index is 12.2. The number of halogens is 3. The smallest absolute Gasteiger partial charge is 0.315 e. The van der Waals surface area contributed by atoms with Gasteiger partial charge in [0.2, 0.25) is 0 Å². The van der Waals surface area contributed by atoms with Crippen molar-refractivity contribution in [3.63, 3.8) is 0 Å². The van der Waals surface area contributed by atoms with Crippen LogP contribution in [0.2, 0.25) is 0 Å². The molecule has 0 spiro atoms. The summed E-state index contributed by atoms with van der Waals surface area (Å²) < 4.78 is 36.7. The molecule has 2 unspecified atom stereocenters. The van der Waals surface area contributed by atoms with Crippen LogP contribution in [-0.2, 0) is 0 Å². The van der Waals surface area contributed by atoms with Crippen LogP contribution in [0, 0.1) is 5.92 Å². The molecule has 2 heterocycles. The molecule has 2 fully saturated rings. The second-order valence-electron chi connectivity index (χ2n) is 5.46. The minimum atomic E-state index is -4.06. The van der Waals surface area contributed by atoms with Crippen LogP contribution in [-0.4, -0.2) is 56.4 Å². The van der Waals surface area contributed by atoms with Crippen molar-refractivity contribution in [2.24, 2.45) is 5.92 Å². The van der Waals surface area contributed by atoms with Gasteiger partial charge in [0.15, 0.2) is 0 Å². The van der Waals surface area contributed by atoms with Crippen LogP contribution in [0.4, 0.5) is 13.2 Å². The monoisotopic (exact) mass is 265 g/mol. The summed E-state index contributed by atoms with van der Waals surface area (Å²) in [7, 11) is 0. The molecule has 2 saturated heterocycles. The molecule has 0 bridgehead atoms. The lowest BCUT2D eigenvalue weighted by atomic mass is 10.1. The summed E-state index contributed by atoms with van der Waals surface area (Å²) in [6.07, 6.45) is -0.746. The Morgan fingerprint density at radius 3 is 2.72 bits per heavy atom. The molecule has 0 amide bonds. The largest absolute Gasteiger partial charge is 0.401 e. The maximum Gasteiger partial charge on any atom is 0.401 e. The van der Waals surface area contributed by atoms with E-state index >= 15 is 0 Å². The lowest BCUT2D eigenvalue weighted by Crippen LogP contribution is -2.37. The van der Waals surface area contributed by atoms with Gasteiger partial charge in [0.25, 0.3) is 0 Å². The van der Waals surface area contributed by atoms with E-state index in [1.165, 1.54) is 17.7 Å². The van der Waals surface area contributed by atoms with E-state index in [1.54, 1.807) is 0 Å².